The van der Waals surface area contributed by atoms with Gasteiger partial charge in [0.15, 0.2) is 29.1 Å². The molecule has 0 bridgehead atoms. The molecule has 0 amide bonds. The van der Waals surface area contributed by atoms with Crippen LogP contribution in [0, 0.1) is 0 Å². The first kappa shape index (κ1) is 19.5. The fraction of sp³-hybridized carbons (Fsp3) is 0.182. The van der Waals surface area contributed by atoms with Crippen LogP contribution in [0.1, 0.15) is 28.7 Å². The molecule has 1 aliphatic heterocycles. The number of phenols is 5. The lowest BCUT2D eigenvalue weighted by atomic mass is 9.79. The van der Waals surface area contributed by atoms with Crippen LogP contribution < -0.4 is 9.47 Å². The second kappa shape index (κ2) is 7.23. The third-order valence-corrected chi connectivity index (χ3v) is 5.25. The number of hydrogen-bond donors (Lipinski definition) is 6. The predicted molar refractivity (Wildman–Crippen MR) is 105 cm³/mol. The maximum absolute atomic E-state index is 11.2. The standard InChI is InChI=1S/C22H20O8/c1-29-22-15(25)7-5-13(19(22)27)18-12-4-3-11(23)9-17(12)30-21(20(18)28)10-2-6-14(24)16(26)8-10/h2-9,18,20-21,23-28H,1H3. The van der Waals surface area contributed by atoms with E-state index in [2.05, 4.69) is 0 Å². The summed E-state index contributed by atoms with van der Waals surface area (Å²) in [6.45, 7) is 0. The Labute approximate surface area is 171 Å². The van der Waals surface area contributed by atoms with Crippen LogP contribution in [-0.2, 0) is 0 Å². The monoisotopic (exact) mass is 412 g/mol. The molecule has 156 valence electrons. The summed E-state index contributed by atoms with van der Waals surface area (Å²) in [6, 6.07) is 11.2. The molecular formula is C22H20O8. The summed E-state index contributed by atoms with van der Waals surface area (Å²) in [5.74, 6) is -2.02. The molecule has 0 aromatic heterocycles. The van der Waals surface area contributed by atoms with E-state index in [1.54, 1.807) is 6.07 Å². The second-order valence-electron chi connectivity index (χ2n) is 7.03. The van der Waals surface area contributed by atoms with Crippen LogP contribution in [0.2, 0.25) is 0 Å². The molecule has 0 saturated carbocycles. The van der Waals surface area contributed by atoms with E-state index >= 15 is 0 Å². The lowest BCUT2D eigenvalue weighted by Gasteiger charge is -2.37. The molecule has 0 spiro atoms. The Hall–Kier alpha value is -3.78. The van der Waals surface area contributed by atoms with Gasteiger partial charge in [-0.25, -0.2) is 0 Å². The van der Waals surface area contributed by atoms with Gasteiger partial charge in [-0.1, -0.05) is 18.2 Å². The molecule has 0 saturated heterocycles. The lowest BCUT2D eigenvalue weighted by molar-refractivity contribution is 0.00772. The Kier molecular flexibility index (Phi) is 4.71. The number of aliphatic hydroxyl groups excluding tert-OH is 1. The molecule has 1 heterocycles. The van der Waals surface area contributed by atoms with Crippen molar-refractivity contribution < 1.29 is 40.1 Å². The first-order chi connectivity index (χ1) is 14.3. The van der Waals surface area contributed by atoms with Crippen molar-refractivity contribution in [2.75, 3.05) is 7.11 Å². The molecule has 3 aromatic rings. The zero-order chi connectivity index (χ0) is 21.6. The van der Waals surface area contributed by atoms with E-state index in [4.69, 9.17) is 9.47 Å². The van der Waals surface area contributed by atoms with E-state index < -0.39 is 18.1 Å². The van der Waals surface area contributed by atoms with Crippen molar-refractivity contribution in [2.24, 2.45) is 0 Å². The van der Waals surface area contributed by atoms with Crippen LogP contribution in [0.15, 0.2) is 48.5 Å². The van der Waals surface area contributed by atoms with E-state index in [9.17, 15) is 30.6 Å². The van der Waals surface area contributed by atoms with Crippen LogP contribution in [-0.4, -0.2) is 43.9 Å². The molecule has 0 radical (unpaired) electrons. The molecule has 3 unspecified atom stereocenters. The molecule has 3 aromatic carbocycles. The van der Waals surface area contributed by atoms with Gasteiger partial charge in [0.25, 0.3) is 0 Å². The summed E-state index contributed by atoms with van der Waals surface area (Å²) in [4.78, 5) is 0. The predicted octanol–water partition coefficient (Wildman–Crippen LogP) is 2.85. The molecule has 8 heteroatoms. The first-order valence-corrected chi connectivity index (χ1v) is 9.10. The average Bonchev–Trinajstić information content (AvgIpc) is 2.71. The molecular weight excluding hydrogens is 392 g/mol. The van der Waals surface area contributed by atoms with Gasteiger partial charge in [0.2, 0.25) is 5.75 Å². The first-order valence-electron chi connectivity index (χ1n) is 9.10. The van der Waals surface area contributed by atoms with Gasteiger partial charge in [-0.2, -0.15) is 0 Å². The van der Waals surface area contributed by atoms with E-state index in [1.807, 2.05) is 0 Å². The number of rotatable bonds is 3. The fourth-order valence-electron chi connectivity index (χ4n) is 3.81. The molecule has 3 atom stereocenters. The second-order valence-corrected chi connectivity index (χ2v) is 7.03. The molecule has 6 N–H and O–H groups in total. The van der Waals surface area contributed by atoms with Gasteiger partial charge in [0.1, 0.15) is 17.6 Å². The van der Waals surface area contributed by atoms with Gasteiger partial charge >= 0.3 is 0 Å². The van der Waals surface area contributed by atoms with Crippen LogP contribution in [0.3, 0.4) is 0 Å². The van der Waals surface area contributed by atoms with Crippen LogP contribution in [0.4, 0.5) is 0 Å². The van der Waals surface area contributed by atoms with Gasteiger partial charge in [-0.05, 0) is 29.8 Å². The number of benzene rings is 3. The Balaban J connectivity index is 1.90. The van der Waals surface area contributed by atoms with Crippen molar-refractivity contribution in [1.82, 2.24) is 0 Å². The SMILES string of the molecule is COc1c(O)ccc(C2c3ccc(O)cc3OC(c3ccc(O)c(O)c3)C2O)c1O. The highest BCUT2D eigenvalue weighted by molar-refractivity contribution is 5.60. The number of hydrogen-bond acceptors (Lipinski definition) is 8. The molecule has 30 heavy (non-hydrogen) atoms. The largest absolute Gasteiger partial charge is 0.508 e. The zero-order valence-corrected chi connectivity index (χ0v) is 15.9. The van der Waals surface area contributed by atoms with Gasteiger partial charge in [0, 0.05) is 23.1 Å². The fourth-order valence-corrected chi connectivity index (χ4v) is 3.81. The Morgan fingerprint density at radius 3 is 2.20 bits per heavy atom. The topological polar surface area (TPSA) is 140 Å². The van der Waals surface area contributed by atoms with Crippen molar-refractivity contribution in [2.45, 2.75) is 18.1 Å². The van der Waals surface area contributed by atoms with Gasteiger partial charge in [-0.15, -0.1) is 0 Å². The van der Waals surface area contributed by atoms with Gasteiger partial charge in [0.05, 0.1) is 7.11 Å². The minimum atomic E-state index is -1.23. The van der Waals surface area contributed by atoms with Gasteiger partial charge in [-0.3, -0.25) is 0 Å². The number of fused-ring (bicyclic) bond motifs is 1. The van der Waals surface area contributed by atoms with Crippen molar-refractivity contribution in [3.05, 3.63) is 65.2 Å². The lowest BCUT2D eigenvalue weighted by Crippen LogP contribution is -2.35. The number of aromatic hydroxyl groups is 5. The van der Waals surface area contributed by atoms with Crippen LogP contribution in [0.5, 0.6) is 40.2 Å². The van der Waals surface area contributed by atoms with E-state index in [0.29, 0.717) is 11.1 Å². The average molecular weight is 412 g/mol. The summed E-state index contributed by atoms with van der Waals surface area (Å²) in [7, 11) is 1.30. The molecule has 8 nitrogen and oxygen atoms in total. The van der Waals surface area contributed by atoms with E-state index in [-0.39, 0.29) is 45.8 Å². The van der Waals surface area contributed by atoms with E-state index in [1.165, 1.54) is 49.6 Å². The highest BCUT2D eigenvalue weighted by Gasteiger charge is 2.41. The molecule has 0 aliphatic carbocycles. The minimum Gasteiger partial charge on any atom is -0.508 e. The van der Waals surface area contributed by atoms with E-state index in [0.717, 1.165) is 0 Å². The van der Waals surface area contributed by atoms with Gasteiger partial charge < -0.3 is 40.1 Å². The summed E-state index contributed by atoms with van der Waals surface area (Å²) in [5.41, 5.74) is 1.16. The van der Waals surface area contributed by atoms with Crippen molar-refractivity contribution in [3.8, 4) is 40.2 Å². The third-order valence-electron chi connectivity index (χ3n) is 5.25. The number of ether oxygens (including phenoxy) is 2. The number of aliphatic hydroxyl groups is 1. The number of methoxy groups -OCH3 is 1. The van der Waals surface area contributed by atoms with Crippen LogP contribution in [0.25, 0.3) is 0 Å². The third kappa shape index (κ3) is 3.07. The number of phenolic OH excluding ortho intramolecular Hbond substituents is 5. The summed E-state index contributed by atoms with van der Waals surface area (Å²) >= 11 is 0. The Morgan fingerprint density at radius 2 is 1.50 bits per heavy atom. The highest BCUT2D eigenvalue weighted by atomic mass is 16.5. The molecule has 4 rings (SSSR count). The molecule has 1 aliphatic rings. The zero-order valence-electron chi connectivity index (χ0n) is 15.9. The van der Waals surface area contributed by atoms with Crippen molar-refractivity contribution in [1.29, 1.82) is 0 Å². The Morgan fingerprint density at radius 1 is 0.800 bits per heavy atom. The summed E-state index contributed by atoms with van der Waals surface area (Å²) < 4.78 is 11.0. The highest BCUT2D eigenvalue weighted by Crippen LogP contribution is 2.51. The Bertz CT molecular complexity index is 1110. The molecule has 0 fully saturated rings. The maximum Gasteiger partial charge on any atom is 0.203 e. The summed E-state index contributed by atoms with van der Waals surface area (Å²) in [6.07, 6.45) is -2.22. The maximum atomic E-state index is 11.2. The van der Waals surface area contributed by atoms with Crippen molar-refractivity contribution >= 4 is 0 Å². The minimum absolute atomic E-state index is 0.0521. The quantitative estimate of drug-likeness (QED) is 0.361. The normalized spacial score (nSPS) is 20.3. The summed E-state index contributed by atoms with van der Waals surface area (Å²) in [5, 5.41) is 61.2. The smallest absolute Gasteiger partial charge is 0.203 e. The van der Waals surface area contributed by atoms with Crippen LogP contribution >= 0.6 is 0 Å². The van der Waals surface area contributed by atoms with Crippen molar-refractivity contribution in [3.63, 3.8) is 0 Å².